The molecular formula is C19H18F2N2O4S. The zero-order valence-electron chi connectivity index (χ0n) is 15.0. The van der Waals surface area contributed by atoms with Gasteiger partial charge in [0.25, 0.3) is 0 Å². The molecule has 0 radical (unpaired) electrons. The van der Waals surface area contributed by atoms with Crippen molar-refractivity contribution in [3.8, 4) is 0 Å². The summed E-state index contributed by atoms with van der Waals surface area (Å²) in [5.74, 6) is -4.29. The summed E-state index contributed by atoms with van der Waals surface area (Å²) in [4.78, 5) is 37.5. The number of fused-ring (bicyclic) bond motifs is 1. The van der Waals surface area contributed by atoms with Crippen molar-refractivity contribution in [2.45, 2.75) is 19.8 Å². The number of halogens is 2. The van der Waals surface area contributed by atoms with Gasteiger partial charge in [-0.3, -0.25) is 14.4 Å². The number of thiophene rings is 1. The minimum Gasteiger partial charge on any atom is -0.466 e. The summed E-state index contributed by atoms with van der Waals surface area (Å²) in [6, 6.07) is 3.14. The lowest BCUT2D eigenvalue weighted by Gasteiger charge is -2.11. The number of anilines is 1. The summed E-state index contributed by atoms with van der Waals surface area (Å²) in [6.45, 7) is 1.61. The minimum atomic E-state index is -0.999. The van der Waals surface area contributed by atoms with Gasteiger partial charge in [0.2, 0.25) is 11.7 Å². The number of carbonyl (C=O) groups is 3. The molecule has 0 bridgehead atoms. The van der Waals surface area contributed by atoms with Crippen molar-refractivity contribution in [1.82, 2.24) is 0 Å². The summed E-state index contributed by atoms with van der Waals surface area (Å²) < 4.78 is 33.4. The van der Waals surface area contributed by atoms with Crippen LogP contribution >= 0.6 is 11.3 Å². The van der Waals surface area contributed by atoms with Crippen molar-refractivity contribution in [2.75, 3.05) is 18.5 Å². The third kappa shape index (κ3) is 3.67. The molecule has 1 aliphatic rings. The maximum absolute atomic E-state index is 14.2. The van der Waals surface area contributed by atoms with Crippen LogP contribution in [0.25, 0.3) is 0 Å². The SMILES string of the molecule is CCOC(=O)C1Cc2sc(NC(=O)CN)c(C(=O)c3c(F)cccc3F)c2C1. The van der Waals surface area contributed by atoms with Gasteiger partial charge in [0.15, 0.2) is 0 Å². The van der Waals surface area contributed by atoms with Gasteiger partial charge in [0, 0.05) is 4.88 Å². The van der Waals surface area contributed by atoms with Crippen LogP contribution in [0.15, 0.2) is 18.2 Å². The lowest BCUT2D eigenvalue weighted by Crippen LogP contribution is -2.23. The first-order valence-electron chi connectivity index (χ1n) is 8.67. The molecule has 28 heavy (non-hydrogen) atoms. The van der Waals surface area contributed by atoms with E-state index in [-0.39, 0.29) is 30.1 Å². The molecular weight excluding hydrogens is 390 g/mol. The average Bonchev–Trinajstić information content (AvgIpc) is 3.18. The summed E-state index contributed by atoms with van der Waals surface area (Å²) in [5, 5.41) is 2.70. The van der Waals surface area contributed by atoms with Crippen LogP contribution in [0.3, 0.4) is 0 Å². The number of rotatable bonds is 6. The number of ether oxygens (including phenoxy) is 1. The van der Waals surface area contributed by atoms with E-state index < -0.39 is 40.8 Å². The van der Waals surface area contributed by atoms with Crippen LogP contribution in [-0.4, -0.2) is 30.8 Å². The molecule has 1 aromatic heterocycles. The van der Waals surface area contributed by atoms with Gasteiger partial charge in [-0.1, -0.05) is 6.07 Å². The molecule has 1 heterocycles. The van der Waals surface area contributed by atoms with Gasteiger partial charge in [-0.05, 0) is 37.5 Å². The third-order valence-electron chi connectivity index (χ3n) is 4.45. The zero-order chi connectivity index (χ0) is 20.4. The molecule has 0 aliphatic heterocycles. The van der Waals surface area contributed by atoms with Crippen molar-refractivity contribution in [3.63, 3.8) is 0 Å². The predicted octanol–water partition coefficient (Wildman–Crippen LogP) is 2.43. The fourth-order valence-corrected chi connectivity index (χ4v) is 4.53. The van der Waals surface area contributed by atoms with Gasteiger partial charge in [0.1, 0.15) is 16.6 Å². The highest BCUT2D eigenvalue weighted by atomic mass is 32.1. The maximum atomic E-state index is 14.2. The molecule has 0 saturated heterocycles. The van der Waals surface area contributed by atoms with Crippen LogP contribution < -0.4 is 11.1 Å². The van der Waals surface area contributed by atoms with Gasteiger partial charge in [-0.15, -0.1) is 11.3 Å². The van der Waals surface area contributed by atoms with Crippen molar-refractivity contribution in [2.24, 2.45) is 11.7 Å². The topological polar surface area (TPSA) is 98.5 Å². The molecule has 3 rings (SSSR count). The van der Waals surface area contributed by atoms with Crippen molar-refractivity contribution in [1.29, 1.82) is 0 Å². The fourth-order valence-electron chi connectivity index (χ4n) is 3.21. The lowest BCUT2D eigenvalue weighted by molar-refractivity contribution is -0.147. The second-order valence-corrected chi connectivity index (χ2v) is 7.35. The van der Waals surface area contributed by atoms with E-state index in [4.69, 9.17) is 10.5 Å². The number of ketones is 1. The van der Waals surface area contributed by atoms with E-state index >= 15 is 0 Å². The Balaban J connectivity index is 2.05. The van der Waals surface area contributed by atoms with Gasteiger partial charge >= 0.3 is 5.97 Å². The highest BCUT2D eigenvalue weighted by Gasteiger charge is 2.37. The summed E-state index contributed by atoms with van der Waals surface area (Å²) in [6.07, 6.45) is 0.525. The summed E-state index contributed by atoms with van der Waals surface area (Å²) >= 11 is 1.11. The Labute approximate surface area is 163 Å². The number of hydrogen-bond acceptors (Lipinski definition) is 6. The Morgan fingerprint density at radius 3 is 2.50 bits per heavy atom. The molecule has 1 atom stereocenters. The first-order chi connectivity index (χ1) is 13.4. The number of nitrogens with two attached hydrogens (primary N) is 1. The Bertz CT molecular complexity index is 937. The molecule has 1 aliphatic carbocycles. The van der Waals surface area contributed by atoms with Crippen LogP contribution in [0.2, 0.25) is 0 Å². The zero-order valence-corrected chi connectivity index (χ0v) is 15.8. The van der Waals surface area contributed by atoms with E-state index in [2.05, 4.69) is 5.32 Å². The van der Waals surface area contributed by atoms with E-state index in [1.165, 1.54) is 0 Å². The van der Waals surface area contributed by atoms with Crippen LogP contribution in [0, 0.1) is 17.6 Å². The highest BCUT2D eigenvalue weighted by Crippen LogP contribution is 2.42. The summed E-state index contributed by atoms with van der Waals surface area (Å²) in [7, 11) is 0. The molecule has 9 heteroatoms. The molecule has 2 aromatic rings. The molecule has 0 fully saturated rings. The third-order valence-corrected chi connectivity index (χ3v) is 5.62. The largest absolute Gasteiger partial charge is 0.466 e. The van der Waals surface area contributed by atoms with Gasteiger partial charge in [-0.25, -0.2) is 8.78 Å². The standard InChI is InChI=1S/C19H18F2N2O4S/c1-2-27-19(26)9-6-10-13(7-9)28-18(23-14(24)8-22)15(10)17(25)16-11(20)4-3-5-12(16)21/h3-5,9H,2,6-8,22H2,1H3,(H,23,24). The van der Waals surface area contributed by atoms with E-state index in [0.29, 0.717) is 16.9 Å². The molecule has 1 aromatic carbocycles. The first kappa shape index (κ1) is 20.1. The van der Waals surface area contributed by atoms with E-state index in [1.54, 1.807) is 6.92 Å². The second kappa shape index (κ2) is 8.15. The molecule has 148 valence electrons. The Hall–Kier alpha value is -2.65. The van der Waals surface area contributed by atoms with Crippen LogP contribution in [0.4, 0.5) is 13.8 Å². The van der Waals surface area contributed by atoms with Gasteiger partial charge < -0.3 is 15.8 Å². The molecule has 0 saturated carbocycles. The van der Waals surface area contributed by atoms with Gasteiger partial charge in [0.05, 0.1) is 30.2 Å². The Morgan fingerprint density at radius 1 is 1.21 bits per heavy atom. The average molecular weight is 408 g/mol. The Kier molecular flexibility index (Phi) is 5.85. The Morgan fingerprint density at radius 2 is 1.89 bits per heavy atom. The van der Waals surface area contributed by atoms with E-state index in [0.717, 1.165) is 29.5 Å². The number of esters is 1. The number of nitrogens with one attached hydrogen (secondary N) is 1. The van der Waals surface area contributed by atoms with Crippen molar-refractivity contribution >= 4 is 34.0 Å². The number of amides is 1. The second-order valence-electron chi connectivity index (χ2n) is 6.24. The molecule has 1 amide bonds. The molecule has 0 spiro atoms. The number of carbonyl (C=O) groups excluding carboxylic acids is 3. The minimum absolute atomic E-state index is 0.00222. The fraction of sp³-hybridized carbons (Fsp3) is 0.316. The predicted molar refractivity (Wildman–Crippen MR) is 99.3 cm³/mol. The quantitative estimate of drug-likeness (QED) is 0.565. The van der Waals surface area contributed by atoms with E-state index in [9.17, 15) is 23.2 Å². The van der Waals surface area contributed by atoms with Crippen LogP contribution in [0.5, 0.6) is 0 Å². The van der Waals surface area contributed by atoms with E-state index in [1.807, 2.05) is 0 Å². The van der Waals surface area contributed by atoms with Crippen molar-refractivity contribution in [3.05, 3.63) is 51.4 Å². The van der Waals surface area contributed by atoms with Crippen molar-refractivity contribution < 1.29 is 27.9 Å². The van der Waals surface area contributed by atoms with Crippen LogP contribution in [-0.2, 0) is 27.2 Å². The number of hydrogen-bond donors (Lipinski definition) is 2. The molecule has 1 unspecified atom stereocenters. The first-order valence-corrected chi connectivity index (χ1v) is 9.48. The van der Waals surface area contributed by atoms with Gasteiger partial charge in [-0.2, -0.15) is 0 Å². The molecule has 6 nitrogen and oxygen atoms in total. The maximum Gasteiger partial charge on any atom is 0.309 e. The van der Waals surface area contributed by atoms with Crippen LogP contribution in [0.1, 0.15) is 33.3 Å². The monoisotopic (exact) mass is 408 g/mol. The normalized spacial score (nSPS) is 15.2. The summed E-state index contributed by atoms with van der Waals surface area (Å²) in [5.41, 5.74) is 5.12. The smallest absolute Gasteiger partial charge is 0.309 e. The highest BCUT2D eigenvalue weighted by molar-refractivity contribution is 7.17. The number of benzene rings is 1. The lowest BCUT2D eigenvalue weighted by atomic mass is 9.98. The molecule has 3 N–H and O–H groups in total.